The van der Waals surface area contributed by atoms with Gasteiger partial charge in [0.25, 0.3) is 0 Å². The monoisotopic (exact) mass is 480 g/mol. The molecule has 0 amide bonds. The summed E-state index contributed by atoms with van der Waals surface area (Å²) in [6, 6.07) is 28.4. The first-order chi connectivity index (χ1) is 14.6. The Bertz CT molecular complexity index is 1000. The average Bonchev–Trinajstić information content (AvgIpc) is 2.82. The summed E-state index contributed by atoms with van der Waals surface area (Å²) in [6.07, 6.45) is 3.30. The predicted octanol–water partition coefficient (Wildman–Crippen LogP) is 1.91. The molecule has 0 bridgehead atoms. The van der Waals surface area contributed by atoms with E-state index >= 15 is 0 Å². The van der Waals surface area contributed by atoms with Gasteiger partial charge in [-0.25, -0.2) is 14.2 Å². The second-order valence-corrected chi connectivity index (χ2v) is 8.21. The minimum atomic E-state index is -2.08. The Morgan fingerprint density at radius 2 is 1.13 bits per heavy atom. The molecule has 0 spiro atoms. The third kappa shape index (κ3) is 10.9. The Hall–Kier alpha value is -1.71. The van der Waals surface area contributed by atoms with E-state index in [1.807, 2.05) is 54.6 Å². The zero-order valence-corrected chi connectivity index (χ0v) is 21.1. The van der Waals surface area contributed by atoms with Crippen LogP contribution >= 0.6 is 11.6 Å². The molecule has 0 saturated heterocycles. The van der Waals surface area contributed by atoms with E-state index in [4.69, 9.17) is 11.6 Å². The largest absolute Gasteiger partial charge is 1.00 e. The van der Waals surface area contributed by atoms with Gasteiger partial charge in [0.2, 0.25) is 0 Å². The van der Waals surface area contributed by atoms with Gasteiger partial charge in [-0.1, -0.05) is 60.1 Å². The maximum absolute atomic E-state index is 11.9. The molecule has 0 fully saturated rings. The SMILES string of the molecule is Clc1ccccn1.O=S([O-])c1ccccc1.O=S(c1ccccc1)c1ccccn1.[Na+]. The fraction of sp³-hybridized carbons (Fsp3) is 0. The van der Waals surface area contributed by atoms with Crippen molar-refractivity contribution < 1.29 is 42.5 Å². The van der Waals surface area contributed by atoms with Crippen molar-refractivity contribution in [3.63, 3.8) is 0 Å². The normalized spacial score (nSPS) is 11.3. The van der Waals surface area contributed by atoms with Crippen LogP contribution in [0.2, 0.25) is 5.15 Å². The Morgan fingerprint density at radius 3 is 1.48 bits per heavy atom. The fourth-order valence-corrected chi connectivity index (χ4v) is 3.51. The quantitative estimate of drug-likeness (QED) is 0.254. The number of benzene rings is 2. The molecule has 4 aromatic rings. The average molecular weight is 481 g/mol. The van der Waals surface area contributed by atoms with Crippen molar-refractivity contribution in [1.82, 2.24) is 9.97 Å². The van der Waals surface area contributed by atoms with Gasteiger partial charge in [-0.2, -0.15) is 0 Å². The van der Waals surface area contributed by atoms with Crippen molar-refractivity contribution in [3.8, 4) is 0 Å². The first-order valence-corrected chi connectivity index (χ1v) is 11.3. The van der Waals surface area contributed by atoms with Crippen molar-refractivity contribution in [2.24, 2.45) is 0 Å². The molecule has 0 aliphatic rings. The number of nitrogens with zero attached hydrogens (tertiary/aromatic N) is 2. The first-order valence-electron chi connectivity index (χ1n) is 8.66. The first kappa shape index (κ1) is 27.3. The van der Waals surface area contributed by atoms with E-state index in [0.717, 1.165) is 4.90 Å². The third-order valence-electron chi connectivity index (χ3n) is 3.35. The maximum Gasteiger partial charge on any atom is 1.00 e. The molecule has 31 heavy (non-hydrogen) atoms. The smallest absolute Gasteiger partial charge is 0.768 e. The molecule has 2 atom stereocenters. The van der Waals surface area contributed by atoms with E-state index in [-0.39, 0.29) is 29.6 Å². The van der Waals surface area contributed by atoms with E-state index in [9.17, 15) is 13.0 Å². The van der Waals surface area contributed by atoms with E-state index in [2.05, 4.69) is 9.97 Å². The van der Waals surface area contributed by atoms with Gasteiger partial charge in [-0.3, -0.25) is 4.21 Å². The number of rotatable bonds is 3. The molecule has 0 aliphatic heterocycles. The van der Waals surface area contributed by atoms with Crippen LogP contribution in [0.15, 0.2) is 124 Å². The van der Waals surface area contributed by atoms with Crippen LogP contribution in [0.3, 0.4) is 0 Å². The zero-order valence-electron chi connectivity index (χ0n) is 16.7. The summed E-state index contributed by atoms with van der Waals surface area (Å²) < 4.78 is 32.3. The molecule has 0 saturated carbocycles. The predicted molar refractivity (Wildman–Crippen MR) is 118 cm³/mol. The molecule has 2 aromatic heterocycles. The summed E-state index contributed by atoms with van der Waals surface area (Å²) in [4.78, 5) is 8.91. The molecule has 0 aliphatic carbocycles. The molecule has 4 rings (SSSR count). The van der Waals surface area contributed by atoms with Crippen molar-refractivity contribution in [2.45, 2.75) is 14.8 Å². The van der Waals surface area contributed by atoms with Crippen LogP contribution in [0.4, 0.5) is 0 Å². The minimum Gasteiger partial charge on any atom is -0.768 e. The molecule has 2 unspecified atom stereocenters. The van der Waals surface area contributed by atoms with E-state index < -0.39 is 21.9 Å². The summed E-state index contributed by atoms with van der Waals surface area (Å²) in [6.45, 7) is 0. The second-order valence-electron chi connectivity index (χ2n) is 5.45. The Labute approximate surface area is 214 Å². The van der Waals surface area contributed by atoms with Gasteiger partial charge in [-0.05, 0) is 59.6 Å². The van der Waals surface area contributed by atoms with Crippen LogP contribution in [-0.2, 0) is 21.9 Å². The fourth-order valence-electron chi connectivity index (χ4n) is 2.00. The van der Waals surface area contributed by atoms with Crippen LogP contribution in [0.1, 0.15) is 0 Å². The molecular formula is C22H18ClN2NaO3S2. The standard InChI is InChI=1S/C11H9NOS.C6H6O2S.C5H4ClN.Na/c13-14(10-6-2-1-3-7-10)11-8-4-5-9-12-11;7-9(8)6-4-2-1-3-5-6;6-5-3-1-2-4-7-5;/h1-9H;1-5H,(H,7,8);1-4H;/q;;;+1/p-1. The molecule has 154 valence electrons. The van der Waals surface area contributed by atoms with E-state index in [1.54, 1.807) is 54.9 Å². The van der Waals surface area contributed by atoms with Crippen molar-refractivity contribution in [2.75, 3.05) is 0 Å². The number of hydrogen-bond acceptors (Lipinski definition) is 5. The van der Waals surface area contributed by atoms with Gasteiger partial charge in [0, 0.05) is 22.2 Å². The minimum absolute atomic E-state index is 0. The van der Waals surface area contributed by atoms with E-state index in [1.165, 1.54) is 0 Å². The molecule has 0 N–H and O–H groups in total. The molecular weight excluding hydrogens is 463 g/mol. The maximum atomic E-state index is 11.9. The van der Waals surface area contributed by atoms with Gasteiger partial charge in [0.05, 0.1) is 0 Å². The Balaban J connectivity index is 0.000000245. The number of pyridine rings is 2. The van der Waals surface area contributed by atoms with Crippen LogP contribution < -0.4 is 29.6 Å². The van der Waals surface area contributed by atoms with Crippen LogP contribution in [-0.4, -0.2) is 22.9 Å². The second kappa shape index (κ2) is 16.0. The summed E-state index contributed by atoms with van der Waals surface area (Å²) in [5.41, 5.74) is 0. The van der Waals surface area contributed by atoms with Crippen LogP contribution in [0.25, 0.3) is 0 Å². The number of aromatic nitrogens is 2. The van der Waals surface area contributed by atoms with E-state index in [0.29, 0.717) is 15.1 Å². The molecule has 5 nitrogen and oxygen atoms in total. The van der Waals surface area contributed by atoms with Crippen molar-refractivity contribution in [3.05, 3.63) is 115 Å². The van der Waals surface area contributed by atoms with Crippen LogP contribution in [0, 0.1) is 0 Å². The van der Waals surface area contributed by atoms with Gasteiger partial charge in [0.1, 0.15) is 21.0 Å². The van der Waals surface area contributed by atoms with Crippen molar-refractivity contribution in [1.29, 1.82) is 0 Å². The Kier molecular flexibility index (Phi) is 14.1. The molecule has 9 heteroatoms. The summed E-state index contributed by atoms with van der Waals surface area (Å²) in [7, 11) is -1.16. The van der Waals surface area contributed by atoms with Gasteiger partial charge < -0.3 is 4.55 Å². The zero-order chi connectivity index (χ0) is 21.6. The van der Waals surface area contributed by atoms with Crippen molar-refractivity contribution >= 4 is 33.5 Å². The summed E-state index contributed by atoms with van der Waals surface area (Å²) in [5.74, 6) is 0. The molecule has 2 aromatic carbocycles. The number of halogens is 1. The summed E-state index contributed by atoms with van der Waals surface area (Å²) >= 11 is 3.35. The number of hydrogen-bond donors (Lipinski definition) is 0. The molecule has 2 heterocycles. The van der Waals surface area contributed by atoms with Gasteiger partial charge >= 0.3 is 29.6 Å². The molecule has 0 radical (unpaired) electrons. The van der Waals surface area contributed by atoms with Gasteiger partial charge in [-0.15, -0.1) is 0 Å². The van der Waals surface area contributed by atoms with Crippen LogP contribution in [0.5, 0.6) is 0 Å². The summed E-state index contributed by atoms with van der Waals surface area (Å²) in [5, 5.41) is 1.14. The Morgan fingerprint density at radius 1 is 0.645 bits per heavy atom. The topological polar surface area (TPSA) is 83.0 Å². The third-order valence-corrected chi connectivity index (χ3v) is 5.55. The van der Waals surface area contributed by atoms with Gasteiger partial charge in [0.15, 0.2) is 0 Å².